The maximum Gasteiger partial charge on any atom is 0.231 e. The molecule has 2 rings (SSSR count). The van der Waals surface area contributed by atoms with Gasteiger partial charge in [0.05, 0.1) is 12.5 Å². The third kappa shape index (κ3) is 3.04. The molecule has 0 aliphatic rings. The predicted molar refractivity (Wildman–Crippen MR) is 60.6 cm³/mol. The van der Waals surface area contributed by atoms with Gasteiger partial charge in [-0.15, -0.1) is 0 Å². The van der Waals surface area contributed by atoms with E-state index < -0.39 is 6.10 Å². The maximum atomic E-state index is 9.59. The van der Waals surface area contributed by atoms with Crippen molar-refractivity contribution in [3.05, 3.63) is 41.5 Å². The van der Waals surface area contributed by atoms with Gasteiger partial charge in [0.15, 0.2) is 5.82 Å². The second-order valence-electron chi connectivity index (χ2n) is 3.96. The Balaban J connectivity index is 2.09. The summed E-state index contributed by atoms with van der Waals surface area (Å²) in [6.07, 6.45) is 0.259. The first-order valence-corrected chi connectivity index (χ1v) is 5.41. The van der Waals surface area contributed by atoms with Gasteiger partial charge < -0.3 is 14.7 Å². The van der Waals surface area contributed by atoms with Gasteiger partial charge >= 0.3 is 0 Å². The average molecular weight is 234 g/mol. The third-order valence-electron chi connectivity index (χ3n) is 2.32. The molecule has 0 bridgehead atoms. The highest BCUT2D eigenvalue weighted by molar-refractivity contribution is 5.33. The van der Waals surface area contributed by atoms with E-state index in [1.807, 2.05) is 6.07 Å². The Kier molecular flexibility index (Phi) is 3.39. The van der Waals surface area contributed by atoms with Crippen LogP contribution in [0.3, 0.4) is 0 Å². The first-order valence-electron chi connectivity index (χ1n) is 5.41. The Bertz CT molecular complexity index is 494. The van der Waals surface area contributed by atoms with E-state index in [0.717, 1.165) is 5.56 Å². The summed E-state index contributed by atoms with van der Waals surface area (Å²) < 4.78 is 5.04. The first kappa shape index (κ1) is 11.6. The molecule has 0 amide bonds. The normalized spacial score (nSPS) is 12.6. The van der Waals surface area contributed by atoms with Crippen molar-refractivity contribution in [2.75, 3.05) is 0 Å². The molecule has 90 valence electrons. The van der Waals surface area contributed by atoms with E-state index in [-0.39, 0.29) is 5.75 Å². The summed E-state index contributed by atoms with van der Waals surface area (Å²) in [7, 11) is 0. The summed E-state index contributed by atoms with van der Waals surface area (Å²) in [6.45, 7) is 1.67. The number of benzene rings is 1. The van der Waals surface area contributed by atoms with E-state index in [1.165, 1.54) is 0 Å². The molecule has 5 nitrogen and oxygen atoms in total. The van der Waals surface area contributed by atoms with Crippen molar-refractivity contribution in [1.82, 2.24) is 10.1 Å². The van der Waals surface area contributed by atoms with Crippen molar-refractivity contribution < 1.29 is 14.7 Å². The number of aliphatic hydroxyl groups excluding tert-OH is 1. The predicted octanol–water partition coefficient (Wildman–Crippen LogP) is 1.29. The van der Waals surface area contributed by atoms with Gasteiger partial charge in [0.1, 0.15) is 5.75 Å². The minimum absolute atomic E-state index is 0.211. The Hall–Kier alpha value is -1.88. The number of aliphatic hydroxyl groups is 1. The molecule has 0 spiro atoms. The molecule has 0 aliphatic carbocycles. The lowest BCUT2D eigenvalue weighted by atomic mass is 10.1. The van der Waals surface area contributed by atoms with Crippen molar-refractivity contribution in [2.24, 2.45) is 0 Å². The van der Waals surface area contributed by atoms with Crippen LogP contribution in [-0.4, -0.2) is 26.5 Å². The Morgan fingerprint density at radius 2 is 2.12 bits per heavy atom. The van der Waals surface area contributed by atoms with Crippen LogP contribution in [0.1, 0.15) is 24.2 Å². The topological polar surface area (TPSA) is 79.4 Å². The molecular formula is C12H14N2O3. The van der Waals surface area contributed by atoms with Gasteiger partial charge in [-0.2, -0.15) is 4.98 Å². The highest BCUT2D eigenvalue weighted by Gasteiger charge is 2.10. The number of rotatable bonds is 4. The maximum absolute atomic E-state index is 9.59. The summed E-state index contributed by atoms with van der Waals surface area (Å²) in [6, 6.07) is 7.00. The second-order valence-corrected chi connectivity index (χ2v) is 3.96. The van der Waals surface area contributed by atoms with Crippen LogP contribution in [0.2, 0.25) is 0 Å². The molecule has 5 heteroatoms. The van der Waals surface area contributed by atoms with Gasteiger partial charge in [0, 0.05) is 12.0 Å². The Labute approximate surface area is 98.7 Å². The zero-order valence-corrected chi connectivity index (χ0v) is 9.50. The fraction of sp³-hybridized carbons (Fsp3) is 0.333. The average Bonchev–Trinajstić information content (AvgIpc) is 2.68. The van der Waals surface area contributed by atoms with Crippen molar-refractivity contribution in [3.63, 3.8) is 0 Å². The summed E-state index contributed by atoms with van der Waals surface area (Å²) in [5, 5.41) is 22.5. The van der Waals surface area contributed by atoms with E-state index in [9.17, 15) is 10.2 Å². The van der Waals surface area contributed by atoms with Crippen molar-refractivity contribution in [3.8, 4) is 5.75 Å². The van der Waals surface area contributed by atoms with Gasteiger partial charge in [-0.25, -0.2) is 0 Å². The lowest BCUT2D eigenvalue weighted by Crippen LogP contribution is -2.05. The highest BCUT2D eigenvalue weighted by atomic mass is 16.5. The standard InChI is InChI=1S/C12H14N2O3/c1-8(15)6-11-13-12(17-14-11)7-9-4-2-3-5-10(9)16/h2-5,8,15-16H,6-7H2,1H3. The number of aromatic nitrogens is 2. The molecule has 1 heterocycles. The Morgan fingerprint density at radius 3 is 2.82 bits per heavy atom. The quantitative estimate of drug-likeness (QED) is 0.833. The van der Waals surface area contributed by atoms with E-state index in [0.29, 0.717) is 24.6 Å². The van der Waals surface area contributed by atoms with Crippen molar-refractivity contribution >= 4 is 0 Å². The number of nitrogens with zero attached hydrogens (tertiary/aromatic N) is 2. The van der Waals surface area contributed by atoms with Crippen LogP contribution >= 0.6 is 0 Å². The van der Waals surface area contributed by atoms with Crippen molar-refractivity contribution in [2.45, 2.75) is 25.9 Å². The van der Waals surface area contributed by atoms with Crippen LogP contribution in [0.25, 0.3) is 0 Å². The van der Waals surface area contributed by atoms with Crippen LogP contribution < -0.4 is 0 Å². The lowest BCUT2D eigenvalue weighted by molar-refractivity contribution is 0.191. The molecule has 0 aliphatic heterocycles. The Morgan fingerprint density at radius 1 is 1.35 bits per heavy atom. The molecule has 2 aromatic rings. The highest BCUT2D eigenvalue weighted by Crippen LogP contribution is 2.18. The molecule has 1 aromatic carbocycles. The molecule has 0 fully saturated rings. The van der Waals surface area contributed by atoms with Gasteiger partial charge in [0.2, 0.25) is 5.89 Å². The zero-order chi connectivity index (χ0) is 12.3. The fourth-order valence-electron chi connectivity index (χ4n) is 1.53. The lowest BCUT2D eigenvalue weighted by Gasteiger charge is -1.99. The molecule has 1 atom stereocenters. The van der Waals surface area contributed by atoms with E-state index >= 15 is 0 Å². The van der Waals surface area contributed by atoms with Crippen LogP contribution in [0, 0.1) is 0 Å². The number of hydrogen-bond donors (Lipinski definition) is 2. The summed E-state index contributed by atoms with van der Waals surface area (Å²) in [5.74, 6) is 1.12. The van der Waals surface area contributed by atoms with E-state index in [2.05, 4.69) is 10.1 Å². The third-order valence-corrected chi connectivity index (χ3v) is 2.32. The molecule has 0 saturated heterocycles. The monoisotopic (exact) mass is 234 g/mol. The summed E-state index contributed by atoms with van der Waals surface area (Å²) in [5.41, 5.74) is 0.736. The number of phenolic OH excluding ortho intramolecular Hbond substituents is 1. The zero-order valence-electron chi connectivity index (χ0n) is 9.50. The van der Waals surface area contributed by atoms with Crippen LogP contribution in [0.4, 0.5) is 0 Å². The molecule has 0 saturated carbocycles. The van der Waals surface area contributed by atoms with Gasteiger partial charge in [0.25, 0.3) is 0 Å². The molecule has 1 unspecified atom stereocenters. The number of hydrogen-bond acceptors (Lipinski definition) is 5. The minimum atomic E-state index is -0.495. The number of aromatic hydroxyl groups is 1. The molecule has 0 radical (unpaired) electrons. The fourth-order valence-corrected chi connectivity index (χ4v) is 1.53. The van der Waals surface area contributed by atoms with Gasteiger partial charge in [-0.3, -0.25) is 0 Å². The molecule has 2 N–H and O–H groups in total. The molecule has 1 aromatic heterocycles. The largest absolute Gasteiger partial charge is 0.508 e. The SMILES string of the molecule is CC(O)Cc1noc(Cc2ccccc2O)n1. The minimum Gasteiger partial charge on any atom is -0.508 e. The van der Waals surface area contributed by atoms with Crippen LogP contribution in [0.5, 0.6) is 5.75 Å². The number of para-hydroxylation sites is 1. The smallest absolute Gasteiger partial charge is 0.231 e. The molecular weight excluding hydrogens is 220 g/mol. The second kappa shape index (κ2) is 4.97. The van der Waals surface area contributed by atoms with Crippen LogP contribution in [0.15, 0.2) is 28.8 Å². The van der Waals surface area contributed by atoms with Crippen molar-refractivity contribution in [1.29, 1.82) is 0 Å². The first-order chi connectivity index (χ1) is 8.15. The van der Waals surface area contributed by atoms with E-state index in [1.54, 1.807) is 25.1 Å². The van der Waals surface area contributed by atoms with Crippen LogP contribution in [-0.2, 0) is 12.8 Å². The summed E-state index contributed by atoms with van der Waals surface area (Å²) in [4.78, 5) is 4.14. The summed E-state index contributed by atoms with van der Waals surface area (Å²) >= 11 is 0. The van der Waals surface area contributed by atoms with Gasteiger partial charge in [-0.1, -0.05) is 23.4 Å². The molecule has 17 heavy (non-hydrogen) atoms. The van der Waals surface area contributed by atoms with Gasteiger partial charge in [-0.05, 0) is 13.0 Å². The number of phenols is 1. The van der Waals surface area contributed by atoms with E-state index in [4.69, 9.17) is 4.52 Å².